The van der Waals surface area contributed by atoms with Gasteiger partial charge in [0, 0.05) is 25.2 Å². The van der Waals surface area contributed by atoms with E-state index in [1.165, 1.54) is 6.07 Å². The summed E-state index contributed by atoms with van der Waals surface area (Å²) < 4.78 is 33.9. The molecule has 0 radical (unpaired) electrons. The number of sulfonamides is 1. The van der Waals surface area contributed by atoms with Crippen molar-refractivity contribution in [2.45, 2.75) is 51.1 Å². The van der Waals surface area contributed by atoms with E-state index in [2.05, 4.69) is 10.0 Å². The van der Waals surface area contributed by atoms with Crippen LogP contribution in [0.5, 0.6) is 5.75 Å². The normalized spacial score (nSPS) is 14.2. The van der Waals surface area contributed by atoms with Gasteiger partial charge in [-0.25, -0.2) is 8.42 Å². The summed E-state index contributed by atoms with van der Waals surface area (Å²) in [6.45, 7) is 6.19. The fraction of sp³-hybridized carbons (Fsp3) is 0.417. The number of fused-ring (bicyclic) bond motifs is 1. The third-order valence-electron chi connectivity index (χ3n) is 5.72. The Morgan fingerprint density at radius 3 is 2.42 bits per heavy atom. The average molecular weight is 474 g/mol. The molecule has 0 bridgehead atoms. The second kappa shape index (κ2) is 10.4. The fourth-order valence-corrected chi connectivity index (χ4v) is 5.16. The first-order valence-electron chi connectivity index (χ1n) is 11.0. The van der Waals surface area contributed by atoms with Crippen molar-refractivity contribution in [2.24, 2.45) is 5.92 Å². The highest BCUT2D eigenvalue weighted by Crippen LogP contribution is 2.30. The Labute approximate surface area is 195 Å². The van der Waals surface area contributed by atoms with Crippen LogP contribution in [-0.4, -0.2) is 39.9 Å². The van der Waals surface area contributed by atoms with Crippen molar-refractivity contribution in [3.05, 3.63) is 53.6 Å². The highest BCUT2D eigenvalue weighted by molar-refractivity contribution is 7.89. The minimum absolute atomic E-state index is 0.0101. The van der Waals surface area contributed by atoms with Gasteiger partial charge in [0.25, 0.3) is 0 Å². The molecule has 3 rings (SSSR count). The van der Waals surface area contributed by atoms with Crippen LogP contribution >= 0.6 is 0 Å². The first-order chi connectivity index (χ1) is 15.7. The minimum atomic E-state index is -3.94. The summed E-state index contributed by atoms with van der Waals surface area (Å²) in [4.78, 5) is 26.7. The molecular weight excluding hydrogens is 442 g/mol. The quantitative estimate of drug-likeness (QED) is 0.583. The van der Waals surface area contributed by atoms with Gasteiger partial charge in [0.1, 0.15) is 11.8 Å². The highest BCUT2D eigenvalue weighted by Gasteiger charge is 2.30. The van der Waals surface area contributed by atoms with E-state index in [4.69, 9.17) is 4.74 Å². The molecule has 1 atom stereocenters. The van der Waals surface area contributed by atoms with Gasteiger partial charge in [-0.2, -0.15) is 4.72 Å². The molecule has 2 aromatic carbocycles. The summed E-state index contributed by atoms with van der Waals surface area (Å²) in [5, 5.41) is 2.81. The Bertz CT molecular complexity index is 1110. The summed E-state index contributed by atoms with van der Waals surface area (Å²) in [7, 11) is -2.36. The summed E-state index contributed by atoms with van der Waals surface area (Å²) in [5.74, 6) is 0.0679. The monoisotopic (exact) mass is 473 g/mol. The molecule has 33 heavy (non-hydrogen) atoms. The van der Waals surface area contributed by atoms with Crippen LogP contribution in [-0.2, 0) is 32.6 Å². The molecule has 2 amide bonds. The van der Waals surface area contributed by atoms with Crippen molar-refractivity contribution in [3.63, 3.8) is 0 Å². The molecule has 1 unspecified atom stereocenters. The molecule has 0 spiro atoms. The zero-order chi connectivity index (χ0) is 24.2. The minimum Gasteiger partial charge on any atom is -0.497 e. The second-order valence-corrected chi connectivity index (χ2v) is 10.1. The smallest absolute Gasteiger partial charge is 0.241 e. The lowest BCUT2D eigenvalue weighted by molar-refractivity contribution is -0.123. The Morgan fingerprint density at radius 2 is 1.82 bits per heavy atom. The van der Waals surface area contributed by atoms with Crippen molar-refractivity contribution < 1.29 is 22.7 Å². The van der Waals surface area contributed by atoms with Crippen LogP contribution in [0.25, 0.3) is 0 Å². The molecule has 178 valence electrons. The van der Waals surface area contributed by atoms with Crippen molar-refractivity contribution in [3.8, 4) is 5.75 Å². The molecule has 0 saturated heterocycles. The number of methoxy groups -OCH3 is 1. The molecule has 0 aliphatic carbocycles. The van der Waals surface area contributed by atoms with Crippen LogP contribution < -0.4 is 19.7 Å². The lowest BCUT2D eigenvalue weighted by atomic mass is 10.0. The van der Waals surface area contributed by atoms with Gasteiger partial charge in [-0.3, -0.25) is 9.59 Å². The molecule has 0 aromatic heterocycles. The zero-order valence-corrected chi connectivity index (χ0v) is 20.2. The van der Waals surface area contributed by atoms with Crippen LogP contribution in [0.2, 0.25) is 0 Å². The number of hydrogen-bond donors (Lipinski definition) is 2. The highest BCUT2D eigenvalue weighted by atomic mass is 32.2. The first-order valence-corrected chi connectivity index (χ1v) is 12.5. The van der Waals surface area contributed by atoms with Gasteiger partial charge in [0.2, 0.25) is 21.8 Å². The SMILES string of the molecule is CCC(=O)N1CCc2cc(S(=O)(=O)NC(C(=O)NCc3ccc(OC)cc3)C(C)C)ccc21. The van der Waals surface area contributed by atoms with Gasteiger partial charge in [-0.15, -0.1) is 0 Å². The zero-order valence-electron chi connectivity index (χ0n) is 19.4. The third-order valence-corrected chi connectivity index (χ3v) is 7.16. The lowest BCUT2D eigenvalue weighted by Gasteiger charge is -2.22. The molecular formula is C24H31N3O5S. The van der Waals surface area contributed by atoms with Gasteiger partial charge in [0.05, 0.1) is 12.0 Å². The molecule has 8 nitrogen and oxygen atoms in total. The Hall–Kier alpha value is -2.91. The van der Waals surface area contributed by atoms with E-state index in [0.717, 1.165) is 22.6 Å². The molecule has 1 aliphatic heterocycles. The van der Waals surface area contributed by atoms with E-state index in [-0.39, 0.29) is 23.3 Å². The summed E-state index contributed by atoms with van der Waals surface area (Å²) in [5.41, 5.74) is 2.43. The standard InChI is InChI=1S/C24H31N3O5S/c1-5-22(28)27-13-12-18-14-20(10-11-21(18)27)33(30,31)26-23(16(2)3)24(29)25-15-17-6-8-19(32-4)9-7-17/h6-11,14,16,23,26H,5,12-13,15H2,1-4H3,(H,25,29). The largest absolute Gasteiger partial charge is 0.497 e. The number of ether oxygens (including phenoxy) is 1. The van der Waals surface area contributed by atoms with Crippen LogP contribution in [0.15, 0.2) is 47.4 Å². The third kappa shape index (κ3) is 5.72. The molecule has 1 heterocycles. The fourth-order valence-electron chi connectivity index (χ4n) is 3.77. The number of nitrogens with zero attached hydrogens (tertiary/aromatic N) is 1. The van der Waals surface area contributed by atoms with Crippen LogP contribution in [0.3, 0.4) is 0 Å². The number of anilines is 1. The van der Waals surface area contributed by atoms with Gasteiger partial charge < -0.3 is 15.0 Å². The lowest BCUT2D eigenvalue weighted by Crippen LogP contribution is -2.49. The predicted molar refractivity (Wildman–Crippen MR) is 127 cm³/mol. The molecule has 0 saturated carbocycles. The maximum absolute atomic E-state index is 13.1. The summed E-state index contributed by atoms with van der Waals surface area (Å²) in [6, 6.07) is 11.1. The van der Waals surface area contributed by atoms with Crippen molar-refractivity contribution in [1.82, 2.24) is 10.0 Å². The molecule has 0 fully saturated rings. The summed E-state index contributed by atoms with van der Waals surface area (Å²) in [6.07, 6.45) is 0.989. The van der Waals surface area contributed by atoms with E-state index in [1.54, 1.807) is 57.0 Å². The van der Waals surface area contributed by atoms with Crippen LogP contribution in [0.4, 0.5) is 5.69 Å². The maximum Gasteiger partial charge on any atom is 0.241 e. The van der Waals surface area contributed by atoms with Crippen molar-refractivity contribution in [1.29, 1.82) is 0 Å². The second-order valence-electron chi connectivity index (χ2n) is 8.35. The Kier molecular flexibility index (Phi) is 7.76. The van der Waals surface area contributed by atoms with E-state index in [0.29, 0.717) is 19.4 Å². The molecule has 2 N–H and O–H groups in total. The number of hydrogen-bond acceptors (Lipinski definition) is 5. The van der Waals surface area contributed by atoms with Gasteiger partial charge in [0.15, 0.2) is 0 Å². The van der Waals surface area contributed by atoms with Crippen LogP contribution in [0.1, 0.15) is 38.3 Å². The number of rotatable bonds is 9. The number of benzene rings is 2. The van der Waals surface area contributed by atoms with E-state index < -0.39 is 22.0 Å². The van der Waals surface area contributed by atoms with Crippen LogP contribution in [0, 0.1) is 5.92 Å². The van der Waals surface area contributed by atoms with Crippen molar-refractivity contribution >= 4 is 27.5 Å². The van der Waals surface area contributed by atoms with Gasteiger partial charge in [-0.05, 0) is 53.8 Å². The van der Waals surface area contributed by atoms with E-state index in [9.17, 15) is 18.0 Å². The van der Waals surface area contributed by atoms with Gasteiger partial charge >= 0.3 is 0 Å². The van der Waals surface area contributed by atoms with Gasteiger partial charge in [-0.1, -0.05) is 32.9 Å². The van der Waals surface area contributed by atoms with E-state index in [1.807, 2.05) is 12.1 Å². The Morgan fingerprint density at radius 1 is 1.12 bits per heavy atom. The molecule has 9 heteroatoms. The maximum atomic E-state index is 13.1. The topological polar surface area (TPSA) is 105 Å². The number of carbonyl (C=O) groups is 2. The number of nitrogens with one attached hydrogen (secondary N) is 2. The molecule has 2 aromatic rings. The Balaban J connectivity index is 1.71. The predicted octanol–water partition coefficient (Wildman–Crippen LogP) is 2.61. The van der Waals surface area contributed by atoms with Crippen molar-refractivity contribution in [2.75, 3.05) is 18.6 Å². The molecule has 1 aliphatic rings. The summed E-state index contributed by atoms with van der Waals surface area (Å²) >= 11 is 0. The number of carbonyl (C=O) groups excluding carboxylic acids is 2. The number of amides is 2. The average Bonchev–Trinajstić information content (AvgIpc) is 3.24. The first kappa shape index (κ1) is 24.7. The van der Waals surface area contributed by atoms with E-state index >= 15 is 0 Å².